The van der Waals surface area contributed by atoms with E-state index in [1.54, 1.807) is 66.7 Å². The minimum Gasteiger partial charge on any atom is -0.467 e. The van der Waals surface area contributed by atoms with Crippen molar-refractivity contribution in [2.24, 2.45) is 0 Å². The van der Waals surface area contributed by atoms with Gasteiger partial charge in [-0.25, -0.2) is 19.2 Å². The van der Waals surface area contributed by atoms with Crippen molar-refractivity contribution < 1.29 is 42.9 Å². The average Bonchev–Trinajstić information content (AvgIpc) is 2.96. The van der Waals surface area contributed by atoms with Crippen LogP contribution in [0.4, 0.5) is 0 Å². The molecular weight excluding hydrogens is 560 g/mol. The van der Waals surface area contributed by atoms with Gasteiger partial charge in [-0.3, -0.25) is 0 Å². The lowest BCUT2D eigenvalue weighted by Gasteiger charge is -2.42. The molecule has 9 nitrogen and oxygen atoms in total. The number of methoxy groups -OCH3 is 1. The average molecular weight is 583 g/mol. The minimum atomic E-state index is -1.52. The van der Waals surface area contributed by atoms with Gasteiger partial charge in [-0.15, -0.1) is 0 Å². The zero-order valence-corrected chi connectivity index (χ0v) is 21.7. The number of hydrogen-bond donors (Lipinski definition) is 0. The molecule has 1 saturated heterocycles. The second kappa shape index (κ2) is 12.5. The van der Waals surface area contributed by atoms with Crippen molar-refractivity contribution in [2.45, 2.75) is 29.4 Å². The first-order chi connectivity index (χ1) is 18.4. The lowest BCUT2D eigenvalue weighted by Crippen LogP contribution is -2.62. The summed E-state index contributed by atoms with van der Waals surface area (Å²) in [4.78, 5) is 51.7. The van der Waals surface area contributed by atoms with Gasteiger partial charge in [-0.05, 0) is 36.4 Å². The summed E-state index contributed by atoms with van der Waals surface area (Å²) in [7, 11) is 1.14. The van der Waals surface area contributed by atoms with Crippen molar-refractivity contribution in [3.63, 3.8) is 0 Å². The molecule has 0 aliphatic carbocycles. The molecule has 4 rings (SSSR count). The maximum Gasteiger partial charge on any atom is 0.339 e. The van der Waals surface area contributed by atoms with Crippen LogP contribution in [-0.4, -0.2) is 60.4 Å². The predicted octanol–water partition coefficient (Wildman–Crippen LogP) is 3.96. The molecule has 0 bridgehead atoms. The SMILES string of the molecule is COC(=O)C1OC(Br)C(OC(=O)c2ccccc2)C(OC(=O)c2ccccc2)C1OC(=O)c1ccccc1. The number of benzene rings is 3. The Hall–Kier alpha value is -4.02. The molecule has 3 aromatic carbocycles. The van der Waals surface area contributed by atoms with Gasteiger partial charge in [0.05, 0.1) is 23.8 Å². The third-order valence-corrected chi connectivity index (χ3v) is 6.41. The lowest BCUT2D eigenvalue weighted by molar-refractivity contribution is -0.210. The molecule has 3 aromatic rings. The van der Waals surface area contributed by atoms with Crippen LogP contribution in [0.25, 0.3) is 0 Å². The van der Waals surface area contributed by atoms with E-state index in [9.17, 15) is 19.2 Å². The molecule has 1 fully saturated rings. The van der Waals surface area contributed by atoms with Crippen LogP contribution in [0.5, 0.6) is 0 Å². The molecule has 10 heteroatoms. The first-order valence-electron chi connectivity index (χ1n) is 11.5. The highest BCUT2D eigenvalue weighted by molar-refractivity contribution is 9.09. The van der Waals surface area contributed by atoms with Crippen molar-refractivity contribution in [1.82, 2.24) is 0 Å². The summed E-state index contributed by atoms with van der Waals surface area (Å²) in [5.74, 6) is -3.22. The van der Waals surface area contributed by atoms with Gasteiger partial charge in [0.25, 0.3) is 0 Å². The molecule has 0 aromatic heterocycles. The van der Waals surface area contributed by atoms with Gasteiger partial charge < -0.3 is 23.7 Å². The Balaban J connectivity index is 1.71. The fraction of sp³-hybridized carbons (Fsp3) is 0.214. The Bertz CT molecular complexity index is 1270. The molecule has 38 heavy (non-hydrogen) atoms. The van der Waals surface area contributed by atoms with Crippen LogP contribution >= 0.6 is 15.9 Å². The molecular formula is C28H23BrO9. The van der Waals surface area contributed by atoms with Gasteiger partial charge in [0.15, 0.2) is 29.4 Å². The number of esters is 4. The second-order valence-corrected chi connectivity index (χ2v) is 9.04. The summed E-state index contributed by atoms with van der Waals surface area (Å²) in [6.07, 6.45) is -5.79. The number of halogens is 1. The standard InChI is InChI=1S/C28H23BrO9/c1-34-28(33)23-21(37-26(31)18-13-7-3-8-14-18)20(36-25(30)17-11-5-2-6-12-17)22(24(29)35-23)38-27(32)19-15-9-4-10-16-19/h2-16,20-24H,1H3. The van der Waals surface area contributed by atoms with Crippen LogP contribution in [0.1, 0.15) is 31.1 Å². The van der Waals surface area contributed by atoms with Gasteiger partial charge >= 0.3 is 23.9 Å². The van der Waals surface area contributed by atoms with E-state index in [1.165, 1.54) is 24.3 Å². The van der Waals surface area contributed by atoms with Gasteiger partial charge in [-0.2, -0.15) is 0 Å². The maximum absolute atomic E-state index is 13.1. The van der Waals surface area contributed by atoms with E-state index in [2.05, 4.69) is 15.9 Å². The number of hydrogen-bond acceptors (Lipinski definition) is 9. The van der Waals surface area contributed by atoms with E-state index in [-0.39, 0.29) is 16.7 Å². The summed E-state index contributed by atoms with van der Waals surface area (Å²) in [6.45, 7) is 0. The number of rotatable bonds is 7. The monoisotopic (exact) mass is 582 g/mol. The topological polar surface area (TPSA) is 114 Å². The van der Waals surface area contributed by atoms with E-state index in [4.69, 9.17) is 23.7 Å². The number of ether oxygens (including phenoxy) is 5. The van der Waals surface area contributed by atoms with Crippen LogP contribution in [0.15, 0.2) is 91.0 Å². The normalized spacial score (nSPS) is 22.5. The summed E-state index contributed by atoms with van der Waals surface area (Å²) < 4.78 is 27.7. The molecule has 0 saturated carbocycles. The molecule has 0 amide bonds. The second-order valence-electron chi connectivity index (χ2n) is 8.14. The van der Waals surface area contributed by atoms with Crippen molar-refractivity contribution in [1.29, 1.82) is 0 Å². The third-order valence-electron chi connectivity index (χ3n) is 5.67. The molecule has 1 heterocycles. The Morgan fingerprint density at radius 3 is 1.37 bits per heavy atom. The Kier molecular flexibility index (Phi) is 8.88. The van der Waals surface area contributed by atoms with Gasteiger partial charge in [-0.1, -0.05) is 70.5 Å². The Morgan fingerprint density at radius 2 is 0.974 bits per heavy atom. The van der Waals surface area contributed by atoms with E-state index >= 15 is 0 Å². The van der Waals surface area contributed by atoms with E-state index in [0.29, 0.717) is 0 Å². The van der Waals surface area contributed by atoms with Gasteiger partial charge in [0.2, 0.25) is 0 Å². The fourth-order valence-electron chi connectivity index (χ4n) is 3.79. The Labute approximate surface area is 226 Å². The zero-order valence-electron chi connectivity index (χ0n) is 20.1. The van der Waals surface area contributed by atoms with Crippen molar-refractivity contribution >= 4 is 39.8 Å². The summed E-state index contributed by atoms with van der Waals surface area (Å²) in [5.41, 5.74) is 0.609. The van der Waals surface area contributed by atoms with E-state index in [1.807, 2.05) is 0 Å². The van der Waals surface area contributed by atoms with E-state index in [0.717, 1.165) is 7.11 Å². The minimum absolute atomic E-state index is 0.183. The molecule has 0 N–H and O–H groups in total. The molecule has 196 valence electrons. The largest absolute Gasteiger partial charge is 0.467 e. The third kappa shape index (κ3) is 6.27. The van der Waals surface area contributed by atoms with Crippen LogP contribution in [0.2, 0.25) is 0 Å². The van der Waals surface area contributed by atoms with E-state index < -0.39 is 53.3 Å². The fourth-order valence-corrected chi connectivity index (χ4v) is 4.43. The summed E-state index contributed by atoms with van der Waals surface area (Å²) >= 11 is 3.28. The number of alkyl halides is 1. The first-order valence-corrected chi connectivity index (χ1v) is 12.5. The molecule has 5 unspecified atom stereocenters. The predicted molar refractivity (Wildman–Crippen MR) is 137 cm³/mol. The molecule has 1 aliphatic heterocycles. The van der Waals surface area contributed by atoms with Crippen LogP contribution in [0, 0.1) is 0 Å². The highest BCUT2D eigenvalue weighted by Gasteiger charge is 2.54. The van der Waals surface area contributed by atoms with Crippen molar-refractivity contribution in [2.75, 3.05) is 7.11 Å². The van der Waals surface area contributed by atoms with Crippen LogP contribution < -0.4 is 0 Å². The van der Waals surface area contributed by atoms with Crippen LogP contribution in [-0.2, 0) is 28.5 Å². The molecule has 1 aliphatic rings. The number of carbonyl (C=O) groups excluding carboxylic acids is 4. The maximum atomic E-state index is 13.1. The summed E-state index contributed by atoms with van der Waals surface area (Å²) in [6, 6.07) is 24.2. The van der Waals surface area contributed by atoms with Crippen molar-refractivity contribution in [3.05, 3.63) is 108 Å². The number of carbonyl (C=O) groups is 4. The highest BCUT2D eigenvalue weighted by atomic mass is 79.9. The van der Waals surface area contributed by atoms with Crippen molar-refractivity contribution in [3.8, 4) is 0 Å². The van der Waals surface area contributed by atoms with Crippen LogP contribution in [0.3, 0.4) is 0 Å². The molecule has 0 spiro atoms. The Morgan fingerprint density at radius 1 is 0.605 bits per heavy atom. The zero-order chi connectivity index (χ0) is 27.1. The molecule has 5 atom stereocenters. The van der Waals surface area contributed by atoms with Gasteiger partial charge in [0.1, 0.15) is 0 Å². The summed E-state index contributed by atoms with van der Waals surface area (Å²) in [5, 5.41) is -1.13. The smallest absolute Gasteiger partial charge is 0.339 e. The highest BCUT2D eigenvalue weighted by Crippen LogP contribution is 2.33. The molecule has 0 radical (unpaired) electrons. The first kappa shape index (κ1) is 27.0. The lowest BCUT2D eigenvalue weighted by atomic mass is 9.98. The van der Waals surface area contributed by atoms with Gasteiger partial charge in [0, 0.05) is 0 Å². The quantitative estimate of drug-likeness (QED) is 0.232.